The molecule has 3 heterocycles. The Labute approximate surface area is 170 Å². The van der Waals surface area contributed by atoms with Crippen LogP contribution in [-0.4, -0.2) is 53.6 Å². The van der Waals surface area contributed by atoms with Crippen molar-refractivity contribution in [2.45, 2.75) is 6.42 Å². The highest BCUT2D eigenvalue weighted by Crippen LogP contribution is 2.28. The summed E-state index contributed by atoms with van der Waals surface area (Å²) in [6, 6.07) is 7.77. The second-order valence-electron chi connectivity index (χ2n) is 6.37. The zero-order chi connectivity index (χ0) is 19.5. The predicted octanol–water partition coefficient (Wildman–Crippen LogP) is 3.60. The van der Waals surface area contributed by atoms with Crippen LogP contribution in [0, 0.1) is 5.82 Å². The predicted molar refractivity (Wildman–Crippen MR) is 108 cm³/mol. The monoisotopic (exact) mass is 420 g/mol. The number of ether oxygens (including phenoxy) is 1. The molecule has 0 unspecified atom stereocenters. The molecular formula is C19H18ClFN4O2S. The van der Waals surface area contributed by atoms with Crippen LogP contribution in [0.4, 0.5) is 9.52 Å². The largest absolute Gasteiger partial charge is 0.491 e. The van der Waals surface area contributed by atoms with E-state index in [1.807, 2.05) is 17.0 Å². The molecule has 0 N–H and O–H groups in total. The van der Waals surface area contributed by atoms with Crippen molar-refractivity contribution in [3.63, 3.8) is 0 Å². The van der Waals surface area contributed by atoms with Crippen LogP contribution in [0.2, 0.25) is 5.02 Å². The molecule has 0 radical (unpaired) electrons. The number of piperazine rings is 1. The van der Waals surface area contributed by atoms with E-state index in [1.165, 1.54) is 18.2 Å². The first kappa shape index (κ1) is 18.9. The van der Waals surface area contributed by atoms with E-state index in [2.05, 4.69) is 14.9 Å². The number of benzene rings is 1. The Kier molecular flexibility index (Phi) is 5.59. The minimum atomic E-state index is -0.421. The molecule has 1 saturated heterocycles. The van der Waals surface area contributed by atoms with Crippen molar-refractivity contribution >= 4 is 44.3 Å². The lowest BCUT2D eigenvalue weighted by atomic mass is 10.3. The van der Waals surface area contributed by atoms with Crippen molar-refractivity contribution in [1.82, 2.24) is 14.9 Å². The quantitative estimate of drug-likeness (QED) is 0.631. The molecule has 4 rings (SSSR count). The second-order valence-corrected chi connectivity index (χ2v) is 7.73. The minimum Gasteiger partial charge on any atom is -0.491 e. The first-order chi connectivity index (χ1) is 13.6. The summed E-state index contributed by atoms with van der Waals surface area (Å²) in [5.41, 5.74) is 0.901. The van der Waals surface area contributed by atoms with Gasteiger partial charge in [0.05, 0.1) is 18.1 Å². The molecule has 1 aromatic carbocycles. The topological polar surface area (TPSA) is 58.6 Å². The lowest BCUT2D eigenvalue weighted by Crippen LogP contribution is -2.49. The summed E-state index contributed by atoms with van der Waals surface area (Å²) < 4.78 is 18.5. The summed E-state index contributed by atoms with van der Waals surface area (Å²) in [6.07, 6.45) is 2.01. The van der Waals surface area contributed by atoms with Gasteiger partial charge >= 0.3 is 0 Å². The molecule has 6 nitrogen and oxygen atoms in total. The van der Waals surface area contributed by atoms with Crippen molar-refractivity contribution in [1.29, 1.82) is 0 Å². The third-order valence-electron chi connectivity index (χ3n) is 4.53. The van der Waals surface area contributed by atoms with Crippen LogP contribution >= 0.6 is 22.9 Å². The molecule has 0 bridgehead atoms. The van der Waals surface area contributed by atoms with Crippen LogP contribution in [0.25, 0.3) is 10.3 Å². The van der Waals surface area contributed by atoms with Crippen LogP contribution in [0.3, 0.4) is 0 Å². The second kappa shape index (κ2) is 8.28. The lowest BCUT2D eigenvalue weighted by Gasteiger charge is -2.34. The summed E-state index contributed by atoms with van der Waals surface area (Å²) in [6.45, 7) is 2.94. The zero-order valence-corrected chi connectivity index (χ0v) is 16.5. The van der Waals surface area contributed by atoms with Crippen molar-refractivity contribution in [3.05, 3.63) is 47.4 Å². The maximum atomic E-state index is 13.0. The average molecular weight is 421 g/mol. The fraction of sp³-hybridized carbons (Fsp3) is 0.316. The molecule has 0 aliphatic carbocycles. The summed E-state index contributed by atoms with van der Waals surface area (Å²) in [5.74, 6) is -0.0100. The molecule has 0 saturated carbocycles. The van der Waals surface area contributed by atoms with Gasteiger partial charge in [-0.15, -0.1) is 0 Å². The first-order valence-electron chi connectivity index (χ1n) is 8.92. The zero-order valence-electron chi connectivity index (χ0n) is 15.0. The van der Waals surface area contributed by atoms with E-state index in [9.17, 15) is 9.18 Å². The van der Waals surface area contributed by atoms with Gasteiger partial charge < -0.3 is 14.5 Å². The smallest absolute Gasteiger partial charge is 0.226 e. The average Bonchev–Trinajstić information content (AvgIpc) is 3.14. The molecular weight excluding hydrogens is 403 g/mol. The van der Waals surface area contributed by atoms with Crippen LogP contribution in [0.15, 0.2) is 36.5 Å². The number of nitrogens with zero attached hydrogens (tertiary/aromatic N) is 4. The maximum absolute atomic E-state index is 13.0. The van der Waals surface area contributed by atoms with Crippen LogP contribution in [0.1, 0.15) is 6.42 Å². The van der Waals surface area contributed by atoms with Gasteiger partial charge in [-0.2, -0.15) is 0 Å². The van der Waals surface area contributed by atoms with E-state index < -0.39 is 5.82 Å². The van der Waals surface area contributed by atoms with Gasteiger partial charge in [0, 0.05) is 32.4 Å². The number of hydrogen-bond acceptors (Lipinski definition) is 6. The number of pyridine rings is 1. The maximum Gasteiger partial charge on any atom is 0.226 e. The fourth-order valence-corrected chi connectivity index (χ4v) is 4.22. The number of rotatable bonds is 5. The van der Waals surface area contributed by atoms with E-state index in [4.69, 9.17) is 16.3 Å². The Morgan fingerprint density at radius 3 is 2.82 bits per heavy atom. The van der Waals surface area contributed by atoms with Crippen molar-refractivity contribution < 1.29 is 13.9 Å². The Bertz CT molecular complexity index is 958. The number of carbonyl (C=O) groups is 1. The SMILES string of the molecule is O=C(CCOc1ccc(F)cc1Cl)N1CCN(c2nc3cccnc3s2)CC1. The Hall–Kier alpha value is -2.45. The van der Waals surface area contributed by atoms with Crippen LogP contribution < -0.4 is 9.64 Å². The van der Waals surface area contributed by atoms with Gasteiger partial charge in [-0.05, 0) is 30.3 Å². The lowest BCUT2D eigenvalue weighted by molar-refractivity contribution is -0.132. The van der Waals surface area contributed by atoms with Gasteiger partial charge in [-0.1, -0.05) is 22.9 Å². The highest BCUT2D eigenvalue weighted by molar-refractivity contribution is 7.21. The summed E-state index contributed by atoms with van der Waals surface area (Å²) in [4.78, 5) is 26.3. The summed E-state index contributed by atoms with van der Waals surface area (Å²) in [7, 11) is 0. The van der Waals surface area contributed by atoms with Gasteiger partial charge in [0.25, 0.3) is 0 Å². The molecule has 1 aliphatic heterocycles. The first-order valence-corrected chi connectivity index (χ1v) is 10.1. The molecule has 3 aromatic rings. The summed E-state index contributed by atoms with van der Waals surface area (Å²) in [5, 5.41) is 1.14. The highest BCUT2D eigenvalue weighted by atomic mass is 35.5. The highest BCUT2D eigenvalue weighted by Gasteiger charge is 2.23. The van der Waals surface area contributed by atoms with E-state index in [0.717, 1.165) is 28.6 Å². The van der Waals surface area contributed by atoms with E-state index >= 15 is 0 Å². The van der Waals surface area contributed by atoms with Gasteiger partial charge in [0.2, 0.25) is 5.91 Å². The van der Waals surface area contributed by atoms with Crippen LogP contribution in [0.5, 0.6) is 5.75 Å². The number of fused-ring (bicyclic) bond motifs is 1. The standard InChI is InChI=1S/C19H18ClFN4O2S/c20-14-12-13(21)3-4-16(14)27-11-5-17(26)24-7-9-25(10-8-24)19-23-15-2-1-6-22-18(15)28-19/h1-4,6,12H,5,7-11H2. The Morgan fingerprint density at radius 1 is 1.25 bits per heavy atom. The van der Waals surface area contributed by atoms with E-state index in [-0.39, 0.29) is 24.0 Å². The number of thiazole rings is 1. The number of hydrogen-bond donors (Lipinski definition) is 0. The number of carbonyl (C=O) groups excluding carboxylic acids is 1. The third kappa shape index (κ3) is 4.18. The number of amides is 1. The normalized spacial score (nSPS) is 14.5. The Balaban J connectivity index is 1.26. The molecule has 1 fully saturated rings. The van der Waals surface area contributed by atoms with Crippen molar-refractivity contribution in [2.24, 2.45) is 0 Å². The minimum absolute atomic E-state index is 0.0313. The van der Waals surface area contributed by atoms with Gasteiger partial charge in [0.1, 0.15) is 21.9 Å². The summed E-state index contributed by atoms with van der Waals surface area (Å²) >= 11 is 7.49. The molecule has 2 aromatic heterocycles. The molecule has 28 heavy (non-hydrogen) atoms. The number of aromatic nitrogens is 2. The fourth-order valence-electron chi connectivity index (χ4n) is 3.04. The molecule has 146 valence electrons. The van der Waals surface area contributed by atoms with Crippen LogP contribution in [-0.2, 0) is 4.79 Å². The molecule has 1 amide bonds. The van der Waals surface area contributed by atoms with E-state index in [0.29, 0.717) is 18.8 Å². The molecule has 0 spiro atoms. The van der Waals surface area contributed by atoms with Crippen molar-refractivity contribution in [2.75, 3.05) is 37.7 Å². The van der Waals surface area contributed by atoms with Gasteiger partial charge in [-0.3, -0.25) is 4.79 Å². The van der Waals surface area contributed by atoms with E-state index in [1.54, 1.807) is 17.5 Å². The Morgan fingerprint density at radius 2 is 2.07 bits per heavy atom. The van der Waals surface area contributed by atoms with Gasteiger partial charge in [-0.25, -0.2) is 14.4 Å². The molecule has 0 atom stereocenters. The molecule has 9 heteroatoms. The molecule has 1 aliphatic rings. The van der Waals surface area contributed by atoms with Crippen molar-refractivity contribution in [3.8, 4) is 5.75 Å². The number of anilines is 1. The number of halogens is 2. The van der Waals surface area contributed by atoms with Gasteiger partial charge in [0.15, 0.2) is 5.13 Å². The third-order valence-corrected chi connectivity index (χ3v) is 5.86.